The lowest BCUT2D eigenvalue weighted by molar-refractivity contribution is -0.389. The van der Waals surface area contributed by atoms with Crippen LogP contribution in [0.15, 0.2) is 12.1 Å². The monoisotopic (exact) mass is 379 g/mol. The molecular weight excluding hydrogens is 376 g/mol. The van der Waals surface area contributed by atoms with Crippen molar-refractivity contribution in [3.05, 3.63) is 27.7 Å². The first-order valence-electron chi connectivity index (χ1n) is 5.02. The van der Waals surface area contributed by atoms with Crippen molar-refractivity contribution >= 4 is 28.9 Å². The Kier molecular flexibility index (Phi) is 4.55. The third kappa shape index (κ3) is 2.66. The van der Waals surface area contributed by atoms with Crippen LogP contribution < -0.4 is 5.73 Å². The Balaban J connectivity index is 3.77. The minimum Gasteiger partial charge on any atom is -0.396 e. The molecule has 1 nitrogen and oxygen atoms in total. The number of benzene rings is 1. The quantitative estimate of drug-likeness (QED) is 0.532. The van der Waals surface area contributed by atoms with Gasteiger partial charge in [-0.05, 0) is 12.1 Å². The highest BCUT2D eigenvalue weighted by Crippen LogP contribution is 2.58. The summed E-state index contributed by atoms with van der Waals surface area (Å²) >= 11 is 10.5. The molecule has 12 heteroatoms. The Morgan fingerprint density at radius 1 is 0.727 bits per heavy atom. The zero-order chi connectivity index (χ0) is 17.7. The van der Waals surface area contributed by atoms with E-state index in [9.17, 15) is 39.5 Å². The van der Waals surface area contributed by atoms with Crippen molar-refractivity contribution in [1.29, 1.82) is 0 Å². The van der Waals surface area contributed by atoms with E-state index in [0.717, 1.165) is 0 Å². The lowest BCUT2D eigenvalue weighted by Gasteiger charge is -2.36. The van der Waals surface area contributed by atoms with Gasteiger partial charge in [0.25, 0.3) is 0 Å². The largest absolute Gasteiger partial charge is 0.457 e. The minimum absolute atomic E-state index is 0.0874. The average molecular weight is 380 g/mol. The number of halogens is 11. The van der Waals surface area contributed by atoms with Gasteiger partial charge in [-0.2, -0.15) is 35.1 Å². The van der Waals surface area contributed by atoms with Crippen LogP contribution in [-0.2, 0) is 5.67 Å². The molecule has 0 fully saturated rings. The molecule has 0 spiro atoms. The van der Waals surface area contributed by atoms with E-state index in [1.165, 1.54) is 0 Å². The summed E-state index contributed by atoms with van der Waals surface area (Å²) in [5, 5.41) is -1.82. The van der Waals surface area contributed by atoms with Crippen LogP contribution in [0.25, 0.3) is 0 Å². The van der Waals surface area contributed by atoms with Crippen LogP contribution in [-0.4, -0.2) is 18.3 Å². The second-order valence-electron chi connectivity index (χ2n) is 4.08. The molecule has 2 N–H and O–H groups in total. The maximum absolute atomic E-state index is 14.0. The third-order valence-electron chi connectivity index (χ3n) is 2.66. The average Bonchev–Trinajstić information content (AvgIpc) is 2.31. The number of hydrogen-bond acceptors (Lipinski definition) is 1. The van der Waals surface area contributed by atoms with Crippen molar-refractivity contribution in [2.45, 2.75) is 23.9 Å². The van der Waals surface area contributed by atoms with E-state index in [-0.39, 0.29) is 12.1 Å². The van der Waals surface area contributed by atoms with Crippen molar-refractivity contribution in [2.75, 3.05) is 5.73 Å². The normalized spacial score (nSPS) is 16.5. The van der Waals surface area contributed by atoms with Crippen LogP contribution in [0.3, 0.4) is 0 Å². The summed E-state index contributed by atoms with van der Waals surface area (Å²) in [4.78, 5) is 0. The van der Waals surface area contributed by atoms with Gasteiger partial charge in [-0.15, -0.1) is 0 Å². The van der Waals surface area contributed by atoms with Crippen LogP contribution in [0, 0.1) is 0 Å². The number of rotatable bonds is 2. The van der Waals surface area contributed by atoms with Gasteiger partial charge >= 0.3 is 23.9 Å². The lowest BCUT2D eigenvalue weighted by atomic mass is 9.87. The SMILES string of the molecule is Nc1c(Cl)cc(C(F)(C(F)(F)F)C(F)(F)C(F)(F)F)cc1Cl. The van der Waals surface area contributed by atoms with E-state index in [2.05, 4.69) is 0 Å². The van der Waals surface area contributed by atoms with E-state index >= 15 is 0 Å². The molecule has 1 aromatic rings. The molecule has 1 aromatic carbocycles. The van der Waals surface area contributed by atoms with Gasteiger partial charge in [0, 0.05) is 5.56 Å². The van der Waals surface area contributed by atoms with Gasteiger partial charge in [0.15, 0.2) is 0 Å². The highest BCUT2D eigenvalue weighted by atomic mass is 35.5. The highest BCUT2D eigenvalue weighted by Gasteiger charge is 2.81. The van der Waals surface area contributed by atoms with Crippen LogP contribution in [0.1, 0.15) is 5.56 Å². The summed E-state index contributed by atoms with van der Waals surface area (Å²) in [5.74, 6) is -6.79. The van der Waals surface area contributed by atoms with Crippen molar-refractivity contribution < 1.29 is 39.5 Å². The second kappa shape index (κ2) is 5.26. The van der Waals surface area contributed by atoms with Gasteiger partial charge in [-0.3, -0.25) is 0 Å². The Labute approximate surface area is 126 Å². The highest BCUT2D eigenvalue weighted by molar-refractivity contribution is 6.38. The molecule has 0 radical (unpaired) electrons. The van der Waals surface area contributed by atoms with Gasteiger partial charge in [-0.25, -0.2) is 4.39 Å². The second-order valence-corrected chi connectivity index (χ2v) is 4.90. The summed E-state index contributed by atoms with van der Waals surface area (Å²) in [6.45, 7) is 0. The van der Waals surface area contributed by atoms with E-state index in [1.807, 2.05) is 0 Å². The molecule has 0 saturated carbocycles. The van der Waals surface area contributed by atoms with Gasteiger partial charge < -0.3 is 5.73 Å². The zero-order valence-electron chi connectivity index (χ0n) is 9.89. The fourth-order valence-corrected chi connectivity index (χ4v) is 1.99. The molecule has 1 atom stereocenters. The number of hydrogen-bond donors (Lipinski definition) is 1. The Morgan fingerprint density at radius 3 is 1.36 bits per heavy atom. The smallest absolute Gasteiger partial charge is 0.396 e. The van der Waals surface area contributed by atoms with Crippen LogP contribution in [0.2, 0.25) is 10.0 Å². The molecule has 126 valence electrons. The summed E-state index contributed by atoms with van der Waals surface area (Å²) in [6.07, 6.45) is -13.4. The predicted molar refractivity (Wildman–Crippen MR) is 60.7 cm³/mol. The predicted octanol–water partition coefficient (Wildman–Crippen LogP) is 5.50. The molecule has 1 rings (SSSR count). The van der Waals surface area contributed by atoms with Crippen LogP contribution in [0.4, 0.5) is 45.2 Å². The first kappa shape index (κ1) is 19.0. The Bertz CT molecular complexity index is 558. The van der Waals surface area contributed by atoms with Crippen molar-refractivity contribution in [3.8, 4) is 0 Å². The number of alkyl halides is 9. The fraction of sp³-hybridized carbons (Fsp3) is 0.400. The van der Waals surface area contributed by atoms with Crippen LogP contribution in [0.5, 0.6) is 0 Å². The molecule has 22 heavy (non-hydrogen) atoms. The molecule has 0 amide bonds. The molecule has 0 aliphatic rings. The minimum atomic E-state index is -6.82. The summed E-state index contributed by atoms with van der Waals surface area (Å²) in [7, 11) is 0. The number of nitrogens with two attached hydrogens (primary N) is 1. The molecule has 0 heterocycles. The summed E-state index contributed by atoms with van der Waals surface area (Å²) < 4.78 is 115. The molecule has 0 bridgehead atoms. The number of anilines is 1. The van der Waals surface area contributed by atoms with Gasteiger partial charge in [0.05, 0.1) is 15.7 Å². The standard InChI is InChI=1S/C10H4Cl2F9N/c11-4-1-3(2-5(12)6(4)22)7(13,9(16,17)18)8(14,15)10(19,20)21/h1-2H,22H2. The van der Waals surface area contributed by atoms with Crippen LogP contribution >= 0.6 is 23.2 Å². The van der Waals surface area contributed by atoms with E-state index in [4.69, 9.17) is 28.9 Å². The van der Waals surface area contributed by atoms with Gasteiger partial charge in [-0.1, -0.05) is 23.2 Å². The van der Waals surface area contributed by atoms with Gasteiger partial charge in [0.1, 0.15) is 0 Å². The molecule has 0 aliphatic carbocycles. The zero-order valence-corrected chi connectivity index (χ0v) is 11.4. The fourth-order valence-electron chi connectivity index (χ4n) is 1.50. The number of nitrogen functional groups attached to an aromatic ring is 1. The maximum atomic E-state index is 14.0. The Morgan fingerprint density at radius 2 is 1.09 bits per heavy atom. The van der Waals surface area contributed by atoms with E-state index in [0.29, 0.717) is 0 Å². The van der Waals surface area contributed by atoms with Crippen molar-refractivity contribution in [2.24, 2.45) is 0 Å². The molecule has 1 unspecified atom stereocenters. The molecule has 0 saturated heterocycles. The lowest BCUT2D eigenvalue weighted by Crippen LogP contribution is -2.59. The first-order valence-corrected chi connectivity index (χ1v) is 5.78. The molecule has 0 aromatic heterocycles. The van der Waals surface area contributed by atoms with Gasteiger partial charge in [0.2, 0.25) is 0 Å². The third-order valence-corrected chi connectivity index (χ3v) is 3.28. The summed E-state index contributed by atoms with van der Waals surface area (Å²) in [5.41, 5.74) is -3.70. The Hall–Kier alpha value is -1.03. The molecular formula is C10H4Cl2F9N. The molecule has 0 aliphatic heterocycles. The first-order chi connectivity index (χ1) is 9.57. The topological polar surface area (TPSA) is 26.0 Å². The van der Waals surface area contributed by atoms with Crippen molar-refractivity contribution in [1.82, 2.24) is 0 Å². The summed E-state index contributed by atoms with van der Waals surface area (Å²) in [6, 6.07) is -0.175. The maximum Gasteiger partial charge on any atom is 0.457 e. The van der Waals surface area contributed by atoms with E-state index < -0.39 is 45.2 Å². The van der Waals surface area contributed by atoms with Crippen molar-refractivity contribution in [3.63, 3.8) is 0 Å². The van der Waals surface area contributed by atoms with E-state index in [1.54, 1.807) is 0 Å².